The first-order chi connectivity index (χ1) is 10.3. The third-order valence-corrected chi connectivity index (χ3v) is 4.52. The third kappa shape index (κ3) is 2.95. The van der Waals surface area contributed by atoms with Gasteiger partial charge in [0.15, 0.2) is 0 Å². The lowest BCUT2D eigenvalue weighted by Gasteiger charge is -2.26. The summed E-state index contributed by atoms with van der Waals surface area (Å²) in [6.07, 6.45) is 1.58. The van der Waals surface area contributed by atoms with E-state index in [1.807, 2.05) is 13.0 Å². The summed E-state index contributed by atoms with van der Waals surface area (Å²) in [7, 11) is -3.51. The van der Waals surface area contributed by atoms with Gasteiger partial charge in [0.2, 0.25) is 15.0 Å². The fourth-order valence-electron chi connectivity index (χ4n) is 2.55. The molecular formula is C13H17N5O3S. The first-order valence-corrected chi connectivity index (χ1v) is 8.77. The number of aromatic nitrogens is 4. The number of hydrogen-bond acceptors (Lipinski definition) is 6. The summed E-state index contributed by atoms with van der Waals surface area (Å²) in [6, 6.07) is 1.96. The van der Waals surface area contributed by atoms with Gasteiger partial charge in [-0.3, -0.25) is 19.8 Å². The predicted molar refractivity (Wildman–Crippen MR) is 79.1 cm³/mol. The van der Waals surface area contributed by atoms with Crippen LogP contribution in [-0.2, 0) is 29.3 Å². The predicted octanol–water partition coefficient (Wildman–Crippen LogP) is -0.237. The monoisotopic (exact) mass is 323 g/mol. The lowest BCUT2D eigenvalue weighted by molar-refractivity contribution is 0.238. The fourth-order valence-corrected chi connectivity index (χ4v) is 3.11. The molecule has 0 spiro atoms. The van der Waals surface area contributed by atoms with E-state index in [-0.39, 0.29) is 10.7 Å². The van der Waals surface area contributed by atoms with Crippen molar-refractivity contribution in [2.45, 2.75) is 31.6 Å². The van der Waals surface area contributed by atoms with Crippen molar-refractivity contribution in [1.29, 1.82) is 0 Å². The van der Waals surface area contributed by atoms with E-state index in [1.165, 1.54) is 0 Å². The number of hydrogen-bond donors (Lipinski definition) is 2. The minimum Gasteiger partial charge on any atom is -0.297 e. The molecule has 8 nitrogen and oxygen atoms in total. The molecule has 0 aromatic carbocycles. The number of fused-ring (bicyclic) bond motifs is 1. The highest BCUT2D eigenvalue weighted by atomic mass is 32.2. The van der Waals surface area contributed by atoms with E-state index in [0.29, 0.717) is 37.3 Å². The van der Waals surface area contributed by atoms with Crippen LogP contribution in [0.15, 0.2) is 16.0 Å². The van der Waals surface area contributed by atoms with Gasteiger partial charge < -0.3 is 0 Å². The Morgan fingerprint density at radius 1 is 1.41 bits per heavy atom. The molecule has 22 heavy (non-hydrogen) atoms. The van der Waals surface area contributed by atoms with Crippen LogP contribution in [0.5, 0.6) is 0 Å². The maximum absolute atomic E-state index is 12.1. The second-order valence-electron chi connectivity index (χ2n) is 5.57. The van der Waals surface area contributed by atoms with E-state index in [0.717, 1.165) is 17.6 Å². The van der Waals surface area contributed by atoms with Crippen molar-refractivity contribution >= 4 is 9.84 Å². The van der Waals surface area contributed by atoms with Gasteiger partial charge in [-0.25, -0.2) is 13.4 Å². The molecule has 1 aliphatic heterocycles. The van der Waals surface area contributed by atoms with E-state index in [2.05, 4.69) is 25.1 Å². The Morgan fingerprint density at radius 3 is 2.82 bits per heavy atom. The van der Waals surface area contributed by atoms with Gasteiger partial charge in [-0.05, 0) is 13.0 Å². The van der Waals surface area contributed by atoms with Crippen LogP contribution in [0.1, 0.15) is 22.6 Å². The summed E-state index contributed by atoms with van der Waals surface area (Å²) in [5, 5.41) is 6.82. The number of sulfone groups is 1. The molecule has 0 atom stereocenters. The summed E-state index contributed by atoms with van der Waals surface area (Å²) in [6.45, 7) is 3.71. The van der Waals surface area contributed by atoms with Crippen LogP contribution < -0.4 is 5.56 Å². The molecule has 3 rings (SSSR count). The SMILES string of the molecule is Cc1cc(CN2CCc3nc(S(C)(=O)=O)[nH]c(=O)c3C2)n[nH]1. The highest BCUT2D eigenvalue weighted by molar-refractivity contribution is 7.90. The molecule has 0 radical (unpaired) electrons. The molecule has 118 valence electrons. The van der Waals surface area contributed by atoms with Gasteiger partial charge in [-0.1, -0.05) is 0 Å². The maximum Gasteiger partial charge on any atom is 0.256 e. The molecule has 0 aliphatic carbocycles. The van der Waals surface area contributed by atoms with Crippen LogP contribution >= 0.6 is 0 Å². The van der Waals surface area contributed by atoms with Gasteiger partial charge in [0, 0.05) is 38.0 Å². The van der Waals surface area contributed by atoms with Crippen LogP contribution in [0.4, 0.5) is 0 Å². The van der Waals surface area contributed by atoms with Crippen molar-refractivity contribution in [3.8, 4) is 0 Å². The number of aryl methyl sites for hydroxylation is 1. The van der Waals surface area contributed by atoms with Gasteiger partial charge in [0.05, 0.1) is 17.0 Å². The summed E-state index contributed by atoms with van der Waals surface area (Å²) in [5.74, 6) is 0. The molecule has 0 unspecified atom stereocenters. The Morgan fingerprint density at radius 2 is 2.18 bits per heavy atom. The molecule has 0 saturated heterocycles. The number of H-pyrrole nitrogens is 2. The highest BCUT2D eigenvalue weighted by Crippen LogP contribution is 2.16. The quantitative estimate of drug-likeness (QED) is 0.754. The highest BCUT2D eigenvalue weighted by Gasteiger charge is 2.23. The summed E-state index contributed by atoms with van der Waals surface area (Å²) in [4.78, 5) is 20.7. The Balaban J connectivity index is 1.86. The zero-order chi connectivity index (χ0) is 15.9. The van der Waals surface area contributed by atoms with Crippen molar-refractivity contribution in [3.63, 3.8) is 0 Å². The molecule has 0 saturated carbocycles. The number of rotatable bonds is 3. The molecule has 1 aliphatic rings. The van der Waals surface area contributed by atoms with Crippen molar-refractivity contribution in [2.24, 2.45) is 0 Å². The Kier molecular flexibility index (Phi) is 3.61. The van der Waals surface area contributed by atoms with E-state index in [9.17, 15) is 13.2 Å². The zero-order valence-electron chi connectivity index (χ0n) is 12.4. The minimum absolute atomic E-state index is 0.257. The van der Waals surface area contributed by atoms with Crippen molar-refractivity contribution in [1.82, 2.24) is 25.1 Å². The second kappa shape index (κ2) is 5.33. The number of nitrogens with one attached hydrogen (secondary N) is 2. The van der Waals surface area contributed by atoms with Crippen LogP contribution in [0.2, 0.25) is 0 Å². The van der Waals surface area contributed by atoms with Gasteiger partial charge >= 0.3 is 0 Å². The maximum atomic E-state index is 12.1. The molecule has 0 fully saturated rings. The van der Waals surface area contributed by atoms with E-state index in [4.69, 9.17) is 0 Å². The van der Waals surface area contributed by atoms with Gasteiger partial charge in [-0.2, -0.15) is 5.10 Å². The standard InChI is InChI=1S/C13H17N5O3S/c1-8-5-9(17-16-8)6-18-4-3-11-10(7-18)12(19)15-13(14-11)22(2,20)21/h5H,3-4,6-7H2,1-2H3,(H,16,17)(H,14,15,19). The molecule has 0 amide bonds. The van der Waals surface area contributed by atoms with E-state index >= 15 is 0 Å². The fraction of sp³-hybridized carbons (Fsp3) is 0.462. The van der Waals surface area contributed by atoms with Gasteiger partial charge in [0.25, 0.3) is 5.56 Å². The molecule has 3 heterocycles. The lowest BCUT2D eigenvalue weighted by atomic mass is 10.1. The largest absolute Gasteiger partial charge is 0.297 e. The van der Waals surface area contributed by atoms with E-state index in [1.54, 1.807) is 0 Å². The summed E-state index contributed by atoms with van der Waals surface area (Å²) < 4.78 is 23.0. The summed E-state index contributed by atoms with van der Waals surface area (Å²) >= 11 is 0. The second-order valence-corrected chi connectivity index (χ2v) is 7.50. The lowest BCUT2D eigenvalue weighted by Crippen LogP contribution is -2.36. The average Bonchev–Trinajstić information content (AvgIpc) is 2.83. The molecule has 2 aromatic rings. The molecular weight excluding hydrogens is 306 g/mol. The normalized spacial score (nSPS) is 15.7. The topological polar surface area (TPSA) is 112 Å². The van der Waals surface area contributed by atoms with Crippen molar-refractivity contribution < 1.29 is 8.42 Å². The van der Waals surface area contributed by atoms with Crippen molar-refractivity contribution in [2.75, 3.05) is 12.8 Å². The summed E-state index contributed by atoms with van der Waals surface area (Å²) in [5.41, 5.74) is 2.63. The van der Waals surface area contributed by atoms with Crippen LogP contribution in [0.3, 0.4) is 0 Å². The van der Waals surface area contributed by atoms with Gasteiger partial charge in [-0.15, -0.1) is 0 Å². The molecule has 0 bridgehead atoms. The number of nitrogens with zero attached hydrogens (tertiary/aromatic N) is 3. The zero-order valence-corrected chi connectivity index (χ0v) is 13.2. The number of aromatic amines is 2. The third-order valence-electron chi connectivity index (χ3n) is 3.62. The van der Waals surface area contributed by atoms with Crippen molar-refractivity contribution in [3.05, 3.63) is 39.1 Å². The Labute approximate surface area is 127 Å². The average molecular weight is 323 g/mol. The first-order valence-electron chi connectivity index (χ1n) is 6.88. The molecule has 2 aromatic heterocycles. The van der Waals surface area contributed by atoms with Crippen LogP contribution in [-0.4, -0.2) is 46.3 Å². The Bertz CT molecular complexity index is 868. The molecule has 9 heteroatoms. The van der Waals surface area contributed by atoms with E-state index < -0.39 is 9.84 Å². The minimum atomic E-state index is -3.51. The van der Waals surface area contributed by atoms with Crippen LogP contribution in [0, 0.1) is 6.92 Å². The van der Waals surface area contributed by atoms with Gasteiger partial charge in [0.1, 0.15) is 0 Å². The first kappa shape index (κ1) is 14.9. The smallest absolute Gasteiger partial charge is 0.256 e. The van der Waals surface area contributed by atoms with Crippen LogP contribution in [0.25, 0.3) is 0 Å². The Hall–Kier alpha value is -2.00. The molecule has 2 N–H and O–H groups in total.